The molecule has 1 amide bonds. The second kappa shape index (κ2) is 3.07. The van der Waals surface area contributed by atoms with Gasteiger partial charge in [-0.3, -0.25) is 4.79 Å². The van der Waals surface area contributed by atoms with Crippen LogP contribution in [0.4, 0.5) is 5.69 Å². The minimum absolute atomic E-state index is 0.0626. The summed E-state index contributed by atoms with van der Waals surface area (Å²) in [5.41, 5.74) is 0.145. The molecule has 1 aliphatic rings. The zero-order chi connectivity index (χ0) is 11.2. The predicted octanol–water partition coefficient (Wildman–Crippen LogP) is 1.65. The third-order valence-electron chi connectivity index (χ3n) is 2.84. The molecule has 80 valence electrons. The number of fused-ring (bicyclic) bond motifs is 1. The Hall–Kier alpha value is -1.35. The van der Waals surface area contributed by atoms with E-state index in [4.69, 9.17) is 0 Å². The fraction of sp³-hybridized carbons (Fsp3) is 0.417. The molecule has 1 unspecified atom stereocenters. The Kier molecular flexibility index (Phi) is 2.08. The van der Waals surface area contributed by atoms with Crippen molar-refractivity contribution in [3.05, 3.63) is 29.8 Å². The van der Waals surface area contributed by atoms with Crippen molar-refractivity contribution in [3.8, 4) is 0 Å². The monoisotopic (exact) mass is 205 g/mol. The fourth-order valence-electron chi connectivity index (χ4n) is 2.07. The highest BCUT2D eigenvalue weighted by Gasteiger charge is 2.46. The van der Waals surface area contributed by atoms with E-state index in [1.165, 1.54) is 0 Å². The molecule has 15 heavy (non-hydrogen) atoms. The molecular weight excluding hydrogens is 190 g/mol. The van der Waals surface area contributed by atoms with E-state index in [-0.39, 0.29) is 11.9 Å². The van der Waals surface area contributed by atoms with Gasteiger partial charge in [0.05, 0.1) is 5.69 Å². The molecule has 3 heteroatoms. The van der Waals surface area contributed by atoms with E-state index in [9.17, 15) is 9.90 Å². The highest BCUT2D eigenvalue weighted by molar-refractivity contribution is 6.06. The molecule has 1 aliphatic heterocycles. The summed E-state index contributed by atoms with van der Waals surface area (Å²) in [7, 11) is 0. The summed E-state index contributed by atoms with van der Waals surface area (Å²) in [6, 6.07) is 7.45. The molecule has 3 nitrogen and oxygen atoms in total. The Morgan fingerprint density at radius 1 is 1.33 bits per heavy atom. The number of carbonyl (C=O) groups is 1. The number of hydrogen-bond acceptors (Lipinski definition) is 2. The standard InChI is InChI=1S/C12H15NO2/c1-8(2)13-10-7-5-4-6-9(10)12(3,15)11(13)14/h4-8,15H,1-3H3. The molecule has 0 saturated heterocycles. The lowest BCUT2D eigenvalue weighted by atomic mass is 9.98. The summed E-state index contributed by atoms with van der Waals surface area (Å²) in [4.78, 5) is 13.6. The van der Waals surface area contributed by atoms with Crippen LogP contribution in [0.3, 0.4) is 0 Å². The van der Waals surface area contributed by atoms with E-state index in [0.29, 0.717) is 5.56 Å². The van der Waals surface area contributed by atoms with Crippen LogP contribution >= 0.6 is 0 Å². The summed E-state index contributed by atoms with van der Waals surface area (Å²) in [6.45, 7) is 5.43. The Bertz CT molecular complexity index is 410. The zero-order valence-corrected chi connectivity index (χ0v) is 9.19. The molecule has 0 aliphatic carbocycles. The van der Waals surface area contributed by atoms with Crippen LogP contribution in [-0.4, -0.2) is 17.1 Å². The van der Waals surface area contributed by atoms with Gasteiger partial charge in [-0.25, -0.2) is 0 Å². The summed E-state index contributed by atoms with van der Waals surface area (Å²) in [5.74, 6) is -0.237. The van der Waals surface area contributed by atoms with Gasteiger partial charge in [0.25, 0.3) is 5.91 Å². The van der Waals surface area contributed by atoms with Gasteiger partial charge in [0.1, 0.15) is 0 Å². The molecule has 0 saturated carbocycles. The summed E-state index contributed by atoms with van der Waals surface area (Å²) < 4.78 is 0. The molecular formula is C12H15NO2. The van der Waals surface area contributed by atoms with E-state index in [0.717, 1.165) is 5.69 Å². The smallest absolute Gasteiger partial charge is 0.263 e. The minimum atomic E-state index is -1.37. The first kappa shape index (κ1) is 10.2. The molecule has 0 aromatic heterocycles. The predicted molar refractivity (Wildman–Crippen MR) is 58.6 cm³/mol. The number of amides is 1. The van der Waals surface area contributed by atoms with Gasteiger partial charge in [0.2, 0.25) is 0 Å². The molecule has 0 fully saturated rings. The molecule has 1 aromatic carbocycles. The molecule has 1 N–H and O–H groups in total. The molecule has 2 rings (SSSR count). The van der Waals surface area contributed by atoms with Crippen molar-refractivity contribution in [3.63, 3.8) is 0 Å². The lowest BCUT2D eigenvalue weighted by Gasteiger charge is -2.23. The van der Waals surface area contributed by atoms with Crippen LogP contribution < -0.4 is 4.90 Å². The summed E-state index contributed by atoms with van der Waals surface area (Å²) in [6.07, 6.45) is 0. The maximum atomic E-state index is 12.0. The van der Waals surface area contributed by atoms with Crippen molar-refractivity contribution >= 4 is 11.6 Å². The van der Waals surface area contributed by atoms with Crippen molar-refractivity contribution < 1.29 is 9.90 Å². The Morgan fingerprint density at radius 3 is 2.53 bits per heavy atom. The van der Waals surface area contributed by atoms with Crippen LogP contribution in [0.15, 0.2) is 24.3 Å². The van der Waals surface area contributed by atoms with E-state index >= 15 is 0 Å². The lowest BCUT2D eigenvalue weighted by molar-refractivity contribution is -0.134. The average Bonchev–Trinajstić information content (AvgIpc) is 2.36. The van der Waals surface area contributed by atoms with E-state index in [2.05, 4.69) is 0 Å². The van der Waals surface area contributed by atoms with Crippen LogP contribution in [0.1, 0.15) is 26.3 Å². The van der Waals surface area contributed by atoms with Crippen LogP contribution in [0, 0.1) is 0 Å². The van der Waals surface area contributed by atoms with Gasteiger partial charge in [0.15, 0.2) is 5.60 Å². The number of para-hydroxylation sites is 1. The Morgan fingerprint density at radius 2 is 1.93 bits per heavy atom. The quantitative estimate of drug-likeness (QED) is 0.757. The van der Waals surface area contributed by atoms with Gasteiger partial charge >= 0.3 is 0 Å². The molecule has 0 bridgehead atoms. The van der Waals surface area contributed by atoms with Crippen molar-refractivity contribution in [2.45, 2.75) is 32.4 Å². The number of hydrogen-bond donors (Lipinski definition) is 1. The van der Waals surface area contributed by atoms with Gasteiger partial charge in [0, 0.05) is 11.6 Å². The van der Waals surface area contributed by atoms with Gasteiger partial charge in [-0.2, -0.15) is 0 Å². The van der Waals surface area contributed by atoms with E-state index in [1.807, 2.05) is 32.0 Å². The maximum Gasteiger partial charge on any atom is 0.263 e. The number of rotatable bonds is 1. The number of benzene rings is 1. The highest BCUT2D eigenvalue weighted by atomic mass is 16.3. The summed E-state index contributed by atoms with van der Waals surface area (Å²) >= 11 is 0. The molecule has 1 atom stereocenters. The van der Waals surface area contributed by atoms with Gasteiger partial charge in [-0.05, 0) is 26.8 Å². The molecule has 1 heterocycles. The number of aliphatic hydroxyl groups is 1. The van der Waals surface area contributed by atoms with E-state index in [1.54, 1.807) is 17.9 Å². The highest BCUT2D eigenvalue weighted by Crippen LogP contribution is 2.40. The summed E-state index contributed by atoms with van der Waals surface area (Å²) in [5, 5.41) is 10.1. The van der Waals surface area contributed by atoms with Gasteiger partial charge < -0.3 is 10.0 Å². The van der Waals surface area contributed by atoms with Gasteiger partial charge in [-0.15, -0.1) is 0 Å². The normalized spacial score (nSPS) is 24.9. The van der Waals surface area contributed by atoms with Crippen molar-refractivity contribution in [2.24, 2.45) is 0 Å². The lowest BCUT2D eigenvalue weighted by Crippen LogP contribution is -2.41. The third kappa shape index (κ3) is 1.27. The zero-order valence-electron chi connectivity index (χ0n) is 9.19. The minimum Gasteiger partial charge on any atom is -0.375 e. The second-order valence-electron chi connectivity index (χ2n) is 4.36. The first-order valence-corrected chi connectivity index (χ1v) is 5.12. The number of nitrogens with zero attached hydrogens (tertiary/aromatic N) is 1. The van der Waals surface area contributed by atoms with Crippen LogP contribution in [-0.2, 0) is 10.4 Å². The SMILES string of the molecule is CC(C)N1C(=O)C(C)(O)c2ccccc21. The molecule has 0 radical (unpaired) electrons. The largest absolute Gasteiger partial charge is 0.375 e. The molecule has 1 aromatic rings. The topological polar surface area (TPSA) is 40.5 Å². The first-order chi connectivity index (χ1) is 6.96. The van der Waals surface area contributed by atoms with Crippen LogP contribution in [0.25, 0.3) is 0 Å². The average molecular weight is 205 g/mol. The van der Waals surface area contributed by atoms with Crippen molar-refractivity contribution in [2.75, 3.05) is 4.90 Å². The van der Waals surface area contributed by atoms with Crippen LogP contribution in [0.2, 0.25) is 0 Å². The number of carbonyl (C=O) groups excluding carboxylic acids is 1. The third-order valence-corrected chi connectivity index (χ3v) is 2.84. The molecule has 0 spiro atoms. The Balaban J connectivity index is 2.62. The first-order valence-electron chi connectivity index (χ1n) is 5.12. The fourth-order valence-corrected chi connectivity index (χ4v) is 2.07. The van der Waals surface area contributed by atoms with Crippen molar-refractivity contribution in [1.82, 2.24) is 0 Å². The van der Waals surface area contributed by atoms with E-state index < -0.39 is 5.60 Å². The second-order valence-corrected chi connectivity index (χ2v) is 4.36. The maximum absolute atomic E-state index is 12.0. The van der Waals surface area contributed by atoms with Gasteiger partial charge in [-0.1, -0.05) is 18.2 Å². The number of anilines is 1. The van der Waals surface area contributed by atoms with Crippen molar-refractivity contribution in [1.29, 1.82) is 0 Å². The van der Waals surface area contributed by atoms with Crippen LogP contribution in [0.5, 0.6) is 0 Å². The Labute approximate surface area is 89.3 Å².